The van der Waals surface area contributed by atoms with Crippen LogP contribution in [0.5, 0.6) is 0 Å². The third-order valence-corrected chi connectivity index (χ3v) is 4.89. The van der Waals surface area contributed by atoms with Crippen LogP contribution in [0.25, 0.3) is 0 Å². The Bertz CT molecular complexity index is 525. The average Bonchev–Trinajstić information content (AvgIpc) is 2.55. The Labute approximate surface area is 132 Å². The molecule has 22 heavy (non-hydrogen) atoms. The molecular formula is C17H26N4O. The van der Waals surface area contributed by atoms with Crippen LogP contribution in [-0.4, -0.2) is 60.5 Å². The second-order valence-corrected chi connectivity index (χ2v) is 6.43. The summed E-state index contributed by atoms with van der Waals surface area (Å²) in [5.74, 6) is 1.26. The van der Waals surface area contributed by atoms with Crippen LogP contribution in [-0.2, 0) is 4.79 Å². The molecule has 5 nitrogen and oxygen atoms in total. The van der Waals surface area contributed by atoms with Crippen LogP contribution in [0, 0.1) is 0 Å². The van der Waals surface area contributed by atoms with Crippen LogP contribution in [0.4, 0.5) is 5.82 Å². The van der Waals surface area contributed by atoms with Gasteiger partial charge in [0.1, 0.15) is 5.82 Å². The van der Waals surface area contributed by atoms with E-state index in [1.54, 1.807) is 6.92 Å². The molecule has 120 valence electrons. The Balaban J connectivity index is 1.88. The van der Waals surface area contributed by atoms with Gasteiger partial charge in [0.25, 0.3) is 0 Å². The van der Waals surface area contributed by atoms with Gasteiger partial charge in [0.15, 0.2) is 0 Å². The highest BCUT2D eigenvalue weighted by Gasteiger charge is 2.29. The summed E-state index contributed by atoms with van der Waals surface area (Å²) in [5, 5.41) is 0. The summed E-state index contributed by atoms with van der Waals surface area (Å²) in [5.41, 5.74) is 1.22. The van der Waals surface area contributed by atoms with Crippen molar-refractivity contribution in [3.63, 3.8) is 0 Å². The molecule has 2 aliphatic heterocycles. The number of piperazine rings is 1. The topological polar surface area (TPSA) is 39.7 Å². The first-order valence-electron chi connectivity index (χ1n) is 8.32. The minimum Gasteiger partial charge on any atom is -0.354 e. The molecule has 1 aromatic heterocycles. The van der Waals surface area contributed by atoms with E-state index >= 15 is 0 Å². The second kappa shape index (κ2) is 6.65. The molecule has 3 rings (SSSR count). The van der Waals surface area contributed by atoms with Gasteiger partial charge < -0.3 is 14.7 Å². The highest BCUT2D eigenvalue weighted by molar-refractivity contribution is 5.74. The SMILES string of the molecule is CC(=O)N1CCCC[C@@H]1c1cccnc1N1CCN(C)CC1. The first-order valence-corrected chi connectivity index (χ1v) is 8.32. The predicted octanol–water partition coefficient (Wildman–Crippen LogP) is 1.91. The average molecular weight is 302 g/mol. The summed E-state index contributed by atoms with van der Waals surface area (Å²) >= 11 is 0. The van der Waals surface area contributed by atoms with Crippen molar-refractivity contribution in [2.75, 3.05) is 44.7 Å². The lowest BCUT2D eigenvalue weighted by Gasteiger charge is -2.39. The number of likely N-dealkylation sites (N-methyl/N-ethyl adjacent to an activating group) is 1. The summed E-state index contributed by atoms with van der Waals surface area (Å²) in [6.45, 7) is 6.70. The summed E-state index contributed by atoms with van der Waals surface area (Å²) < 4.78 is 0. The number of hydrogen-bond acceptors (Lipinski definition) is 4. The van der Waals surface area contributed by atoms with Gasteiger partial charge in [0.05, 0.1) is 6.04 Å². The normalized spacial score (nSPS) is 23.6. The number of nitrogens with zero attached hydrogens (tertiary/aromatic N) is 4. The van der Waals surface area contributed by atoms with Crippen LogP contribution in [0.15, 0.2) is 18.3 Å². The fraction of sp³-hybridized carbons (Fsp3) is 0.647. The Morgan fingerprint density at radius 3 is 2.68 bits per heavy atom. The fourth-order valence-corrected chi connectivity index (χ4v) is 3.58. The summed E-state index contributed by atoms with van der Waals surface area (Å²) in [6.07, 6.45) is 5.22. The zero-order valence-electron chi connectivity index (χ0n) is 13.7. The largest absolute Gasteiger partial charge is 0.354 e. The third kappa shape index (κ3) is 3.09. The van der Waals surface area contributed by atoms with Crippen molar-refractivity contribution in [2.45, 2.75) is 32.2 Å². The number of hydrogen-bond donors (Lipinski definition) is 0. The number of rotatable bonds is 2. The number of amides is 1. The van der Waals surface area contributed by atoms with E-state index in [-0.39, 0.29) is 11.9 Å². The van der Waals surface area contributed by atoms with Crippen molar-refractivity contribution in [1.29, 1.82) is 0 Å². The Morgan fingerprint density at radius 1 is 1.18 bits per heavy atom. The molecule has 0 aromatic carbocycles. The highest BCUT2D eigenvalue weighted by Crippen LogP contribution is 2.35. The maximum absolute atomic E-state index is 12.0. The first kappa shape index (κ1) is 15.3. The Morgan fingerprint density at radius 2 is 1.95 bits per heavy atom. The fourth-order valence-electron chi connectivity index (χ4n) is 3.58. The van der Waals surface area contributed by atoms with Crippen molar-refractivity contribution in [2.24, 2.45) is 0 Å². The van der Waals surface area contributed by atoms with Gasteiger partial charge in [-0.3, -0.25) is 4.79 Å². The van der Waals surface area contributed by atoms with E-state index in [9.17, 15) is 4.79 Å². The number of aromatic nitrogens is 1. The van der Waals surface area contributed by atoms with Crippen LogP contribution in [0.3, 0.4) is 0 Å². The van der Waals surface area contributed by atoms with Gasteiger partial charge in [-0.1, -0.05) is 6.07 Å². The third-order valence-electron chi connectivity index (χ3n) is 4.89. The molecule has 3 heterocycles. The lowest BCUT2D eigenvalue weighted by molar-refractivity contribution is -0.132. The van der Waals surface area contributed by atoms with E-state index in [0.717, 1.165) is 51.4 Å². The highest BCUT2D eigenvalue weighted by atomic mass is 16.2. The standard InChI is InChI=1S/C17H26N4O/c1-14(22)21-9-4-3-7-16(21)15-6-5-8-18-17(15)20-12-10-19(2)11-13-20/h5-6,8,16H,3-4,7,9-13H2,1-2H3/t16-/m1/s1. The zero-order valence-corrected chi connectivity index (χ0v) is 13.7. The molecule has 2 aliphatic rings. The van der Waals surface area contributed by atoms with Gasteiger partial charge in [0.2, 0.25) is 5.91 Å². The number of carbonyl (C=O) groups is 1. The van der Waals surface area contributed by atoms with E-state index < -0.39 is 0 Å². The number of pyridine rings is 1. The molecule has 0 unspecified atom stereocenters. The molecule has 1 aromatic rings. The Kier molecular flexibility index (Phi) is 4.62. The van der Waals surface area contributed by atoms with Crippen LogP contribution in [0.1, 0.15) is 37.8 Å². The molecule has 0 bridgehead atoms. The summed E-state index contributed by atoms with van der Waals surface area (Å²) in [7, 11) is 2.16. The molecule has 0 spiro atoms. The van der Waals surface area contributed by atoms with Crippen molar-refractivity contribution in [3.8, 4) is 0 Å². The van der Waals surface area contributed by atoms with Gasteiger partial charge >= 0.3 is 0 Å². The number of piperidine rings is 1. The first-order chi connectivity index (χ1) is 10.7. The minimum atomic E-state index is 0.179. The van der Waals surface area contributed by atoms with E-state index in [1.165, 1.54) is 12.0 Å². The Hall–Kier alpha value is -1.62. The quantitative estimate of drug-likeness (QED) is 0.836. The maximum Gasteiger partial charge on any atom is 0.219 e. The van der Waals surface area contributed by atoms with Crippen molar-refractivity contribution in [3.05, 3.63) is 23.9 Å². The molecule has 0 aliphatic carbocycles. The molecule has 0 N–H and O–H groups in total. The van der Waals surface area contributed by atoms with Crippen molar-refractivity contribution in [1.82, 2.24) is 14.8 Å². The van der Waals surface area contributed by atoms with E-state index in [2.05, 4.69) is 27.9 Å². The molecule has 1 atom stereocenters. The van der Waals surface area contributed by atoms with Crippen LogP contribution < -0.4 is 4.90 Å². The second-order valence-electron chi connectivity index (χ2n) is 6.43. The minimum absolute atomic E-state index is 0.179. The monoisotopic (exact) mass is 302 g/mol. The van der Waals surface area contributed by atoms with Gasteiger partial charge in [-0.05, 0) is 32.4 Å². The van der Waals surface area contributed by atoms with E-state index in [0.29, 0.717) is 0 Å². The molecule has 1 amide bonds. The van der Waals surface area contributed by atoms with E-state index in [1.807, 2.05) is 17.2 Å². The lowest BCUT2D eigenvalue weighted by atomic mass is 9.95. The lowest BCUT2D eigenvalue weighted by Crippen LogP contribution is -2.46. The van der Waals surface area contributed by atoms with Crippen LogP contribution in [0.2, 0.25) is 0 Å². The molecule has 5 heteroatoms. The van der Waals surface area contributed by atoms with Gasteiger partial charge in [-0.25, -0.2) is 4.98 Å². The molecular weight excluding hydrogens is 276 g/mol. The van der Waals surface area contributed by atoms with Crippen molar-refractivity contribution >= 4 is 11.7 Å². The van der Waals surface area contributed by atoms with E-state index in [4.69, 9.17) is 0 Å². The zero-order chi connectivity index (χ0) is 15.5. The summed E-state index contributed by atoms with van der Waals surface area (Å²) in [6, 6.07) is 4.35. The van der Waals surface area contributed by atoms with Gasteiger partial charge in [-0.2, -0.15) is 0 Å². The van der Waals surface area contributed by atoms with Crippen LogP contribution >= 0.6 is 0 Å². The molecule has 0 saturated carbocycles. The number of likely N-dealkylation sites (tertiary alicyclic amines) is 1. The summed E-state index contributed by atoms with van der Waals surface area (Å²) in [4.78, 5) is 23.4. The maximum atomic E-state index is 12.0. The predicted molar refractivity (Wildman–Crippen MR) is 87.9 cm³/mol. The molecule has 0 radical (unpaired) electrons. The smallest absolute Gasteiger partial charge is 0.219 e. The molecule has 2 fully saturated rings. The van der Waals surface area contributed by atoms with Gasteiger partial charge in [0, 0.05) is 51.4 Å². The molecule has 2 saturated heterocycles. The van der Waals surface area contributed by atoms with Crippen molar-refractivity contribution < 1.29 is 4.79 Å². The number of anilines is 1. The van der Waals surface area contributed by atoms with Gasteiger partial charge in [-0.15, -0.1) is 0 Å². The number of carbonyl (C=O) groups excluding carboxylic acids is 1.